The summed E-state index contributed by atoms with van der Waals surface area (Å²) in [4.78, 5) is 11.1. The predicted molar refractivity (Wildman–Crippen MR) is 46.0 cm³/mol. The van der Waals surface area contributed by atoms with Crippen molar-refractivity contribution >= 4 is 11.6 Å². The van der Waals surface area contributed by atoms with Crippen LogP contribution in [0.2, 0.25) is 0 Å². The van der Waals surface area contributed by atoms with E-state index < -0.39 is 18.9 Å². The Kier molecular flexibility index (Phi) is 3.00. The molecule has 0 atom stereocenters. The van der Waals surface area contributed by atoms with Crippen molar-refractivity contribution in [3.8, 4) is 0 Å². The molecule has 1 aromatic heterocycles. The van der Waals surface area contributed by atoms with Crippen molar-refractivity contribution in [1.29, 1.82) is 0 Å². The number of nitrogens with zero attached hydrogens (tertiary/aromatic N) is 2. The largest absolute Gasteiger partial charge is 0.396 e. The minimum absolute atomic E-state index is 0.0341. The normalized spacial score (nSPS) is 10.6. The average molecular weight is 204 g/mol. The molecule has 14 heavy (non-hydrogen) atoms. The Morgan fingerprint density at radius 3 is 2.93 bits per heavy atom. The van der Waals surface area contributed by atoms with Gasteiger partial charge >= 0.3 is 0 Å². The molecular weight excluding hydrogens is 194 g/mol. The summed E-state index contributed by atoms with van der Waals surface area (Å²) in [7, 11) is 1.41. The lowest BCUT2D eigenvalue weighted by atomic mass is 10.3. The molecule has 0 unspecified atom stereocenters. The molecule has 0 aromatic carbocycles. The molecule has 0 fully saturated rings. The van der Waals surface area contributed by atoms with E-state index in [9.17, 15) is 13.6 Å². The number of alkyl halides is 2. The van der Waals surface area contributed by atoms with E-state index in [2.05, 4.69) is 10.4 Å². The Labute approximate surface area is 78.9 Å². The highest BCUT2D eigenvalue weighted by atomic mass is 19.3. The Morgan fingerprint density at radius 2 is 2.43 bits per heavy atom. The zero-order valence-corrected chi connectivity index (χ0v) is 7.50. The molecule has 1 aromatic rings. The third-order valence-corrected chi connectivity index (χ3v) is 1.56. The van der Waals surface area contributed by atoms with Crippen LogP contribution in [0.15, 0.2) is 6.20 Å². The second-order valence-corrected chi connectivity index (χ2v) is 2.63. The van der Waals surface area contributed by atoms with Crippen molar-refractivity contribution in [2.75, 3.05) is 12.8 Å². The summed E-state index contributed by atoms with van der Waals surface area (Å²) in [5.74, 6) is -0.490. The molecule has 5 nitrogen and oxygen atoms in total. The van der Waals surface area contributed by atoms with Crippen molar-refractivity contribution in [2.24, 2.45) is 0 Å². The first-order chi connectivity index (χ1) is 6.54. The molecule has 0 saturated heterocycles. The standard InChI is InChI=1S/C7H10F2N4O/c1-11-7(14)6-4(10)2-13(12-6)3-5(8)9/h2,5H,3,10H2,1H3,(H,11,14). The fourth-order valence-corrected chi connectivity index (χ4v) is 0.967. The van der Waals surface area contributed by atoms with Crippen LogP contribution in [-0.4, -0.2) is 29.2 Å². The number of aromatic nitrogens is 2. The van der Waals surface area contributed by atoms with E-state index in [-0.39, 0.29) is 11.4 Å². The smallest absolute Gasteiger partial charge is 0.273 e. The van der Waals surface area contributed by atoms with E-state index in [0.29, 0.717) is 0 Å². The van der Waals surface area contributed by atoms with E-state index in [1.807, 2.05) is 0 Å². The molecular formula is C7H10F2N4O. The number of carbonyl (C=O) groups excluding carboxylic acids is 1. The SMILES string of the molecule is CNC(=O)c1nn(CC(F)F)cc1N. The lowest BCUT2D eigenvalue weighted by Gasteiger charge is -1.98. The Bertz CT molecular complexity index is 336. The van der Waals surface area contributed by atoms with Gasteiger partial charge in [-0.25, -0.2) is 8.78 Å². The van der Waals surface area contributed by atoms with E-state index in [1.165, 1.54) is 13.2 Å². The van der Waals surface area contributed by atoms with Gasteiger partial charge in [0.2, 0.25) is 0 Å². The Hall–Kier alpha value is -1.66. The number of carbonyl (C=O) groups is 1. The number of rotatable bonds is 3. The first-order valence-electron chi connectivity index (χ1n) is 3.87. The quantitative estimate of drug-likeness (QED) is 0.732. The van der Waals surface area contributed by atoms with Gasteiger partial charge in [0, 0.05) is 13.2 Å². The van der Waals surface area contributed by atoms with Crippen LogP contribution >= 0.6 is 0 Å². The second kappa shape index (κ2) is 4.03. The molecule has 0 saturated carbocycles. The summed E-state index contributed by atoms with van der Waals surface area (Å²) in [6, 6.07) is 0. The van der Waals surface area contributed by atoms with Crippen molar-refractivity contribution in [3.63, 3.8) is 0 Å². The van der Waals surface area contributed by atoms with Crippen LogP contribution in [0.3, 0.4) is 0 Å². The summed E-state index contributed by atoms with van der Waals surface area (Å²) in [6.45, 7) is -0.568. The molecule has 0 radical (unpaired) electrons. The van der Waals surface area contributed by atoms with Crippen LogP contribution < -0.4 is 11.1 Å². The van der Waals surface area contributed by atoms with E-state index in [0.717, 1.165) is 4.68 Å². The minimum Gasteiger partial charge on any atom is -0.396 e. The molecule has 0 bridgehead atoms. The van der Waals surface area contributed by atoms with Gasteiger partial charge in [-0.1, -0.05) is 0 Å². The van der Waals surface area contributed by atoms with Crippen molar-refractivity contribution in [1.82, 2.24) is 15.1 Å². The van der Waals surface area contributed by atoms with Gasteiger partial charge in [-0.2, -0.15) is 5.10 Å². The molecule has 0 spiro atoms. The summed E-state index contributed by atoms with van der Waals surface area (Å²) in [5, 5.41) is 5.93. The topological polar surface area (TPSA) is 72.9 Å². The fourth-order valence-electron chi connectivity index (χ4n) is 0.967. The maximum absolute atomic E-state index is 11.9. The van der Waals surface area contributed by atoms with Crippen molar-refractivity contribution in [2.45, 2.75) is 13.0 Å². The molecule has 7 heteroatoms. The molecule has 1 heterocycles. The second-order valence-electron chi connectivity index (χ2n) is 2.63. The number of hydrogen-bond acceptors (Lipinski definition) is 3. The molecule has 3 N–H and O–H groups in total. The van der Waals surface area contributed by atoms with Crippen molar-refractivity contribution in [3.05, 3.63) is 11.9 Å². The van der Waals surface area contributed by atoms with Gasteiger partial charge in [0.25, 0.3) is 12.3 Å². The lowest BCUT2D eigenvalue weighted by Crippen LogP contribution is -2.20. The molecule has 0 aliphatic heterocycles. The Balaban J connectivity index is 2.87. The Morgan fingerprint density at radius 1 is 1.79 bits per heavy atom. The summed E-state index contributed by atoms with van der Waals surface area (Å²) in [5.41, 5.74) is 5.46. The summed E-state index contributed by atoms with van der Waals surface area (Å²) < 4.78 is 24.8. The predicted octanol–water partition coefficient (Wildman–Crippen LogP) is 0.0900. The molecule has 0 aliphatic carbocycles. The van der Waals surface area contributed by atoms with Gasteiger partial charge in [0.05, 0.1) is 5.69 Å². The number of halogens is 2. The monoisotopic (exact) mass is 204 g/mol. The van der Waals surface area contributed by atoms with Gasteiger partial charge in [0.15, 0.2) is 5.69 Å². The van der Waals surface area contributed by atoms with Gasteiger partial charge in [-0.05, 0) is 0 Å². The van der Waals surface area contributed by atoms with Crippen LogP contribution in [0.25, 0.3) is 0 Å². The van der Waals surface area contributed by atoms with Crippen LogP contribution in [0.1, 0.15) is 10.5 Å². The highest BCUT2D eigenvalue weighted by Crippen LogP contribution is 2.09. The van der Waals surface area contributed by atoms with E-state index in [4.69, 9.17) is 5.73 Å². The van der Waals surface area contributed by atoms with Crippen LogP contribution in [0.4, 0.5) is 14.5 Å². The zero-order chi connectivity index (χ0) is 10.7. The maximum atomic E-state index is 11.9. The summed E-state index contributed by atoms with van der Waals surface area (Å²) in [6.07, 6.45) is -1.32. The molecule has 1 rings (SSSR count). The van der Waals surface area contributed by atoms with Crippen LogP contribution in [0.5, 0.6) is 0 Å². The van der Waals surface area contributed by atoms with Gasteiger partial charge in [-0.3, -0.25) is 9.48 Å². The third kappa shape index (κ3) is 2.18. The third-order valence-electron chi connectivity index (χ3n) is 1.56. The van der Waals surface area contributed by atoms with Gasteiger partial charge < -0.3 is 11.1 Å². The highest BCUT2D eigenvalue weighted by molar-refractivity contribution is 5.96. The minimum atomic E-state index is -2.52. The van der Waals surface area contributed by atoms with Crippen LogP contribution in [0, 0.1) is 0 Å². The first-order valence-corrected chi connectivity index (χ1v) is 3.87. The first kappa shape index (κ1) is 10.4. The fraction of sp³-hybridized carbons (Fsp3) is 0.429. The molecule has 78 valence electrons. The molecule has 0 aliphatic rings. The number of anilines is 1. The van der Waals surface area contributed by atoms with Gasteiger partial charge in [-0.15, -0.1) is 0 Å². The highest BCUT2D eigenvalue weighted by Gasteiger charge is 2.14. The van der Waals surface area contributed by atoms with Gasteiger partial charge in [0.1, 0.15) is 6.54 Å². The lowest BCUT2D eigenvalue weighted by molar-refractivity contribution is 0.0953. The van der Waals surface area contributed by atoms with E-state index >= 15 is 0 Å². The van der Waals surface area contributed by atoms with E-state index in [1.54, 1.807) is 0 Å². The number of nitrogens with one attached hydrogen (secondary N) is 1. The number of amides is 1. The summed E-state index contributed by atoms with van der Waals surface area (Å²) >= 11 is 0. The van der Waals surface area contributed by atoms with Crippen LogP contribution in [-0.2, 0) is 6.54 Å². The number of nitrogens with two attached hydrogens (primary N) is 1. The zero-order valence-electron chi connectivity index (χ0n) is 7.50. The number of nitrogen functional groups attached to an aromatic ring is 1. The number of hydrogen-bond donors (Lipinski definition) is 2. The van der Waals surface area contributed by atoms with Crippen molar-refractivity contribution < 1.29 is 13.6 Å². The molecule has 1 amide bonds. The maximum Gasteiger partial charge on any atom is 0.273 e. The average Bonchev–Trinajstić information content (AvgIpc) is 2.44.